The summed E-state index contributed by atoms with van der Waals surface area (Å²) in [6.07, 6.45) is 12.2. The van der Waals surface area contributed by atoms with Gasteiger partial charge in [-0.05, 0) is 80.6 Å². The number of rotatable bonds is 2. The van der Waals surface area contributed by atoms with E-state index in [0.29, 0.717) is 29.8 Å². The predicted molar refractivity (Wildman–Crippen MR) is 113 cm³/mol. The predicted octanol–water partition coefficient (Wildman–Crippen LogP) is 3.77. The number of ether oxygens (including phenoxy) is 4. The van der Waals surface area contributed by atoms with Gasteiger partial charge in [-0.3, -0.25) is 4.79 Å². The molecule has 11 atom stereocenters. The van der Waals surface area contributed by atoms with Gasteiger partial charge < -0.3 is 18.9 Å². The van der Waals surface area contributed by atoms with Crippen LogP contribution in [0.1, 0.15) is 65.2 Å². The minimum Gasteiger partial charge on any atom is -0.469 e. The van der Waals surface area contributed by atoms with E-state index in [1.165, 1.54) is 26.4 Å². The summed E-state index contributed by atoms with van der Waals surface area (Å²) < 4.78 is 23.3. The van der Waals surface area contributed by atoms with Crippen LogP contribution in [0.25, 0.3) is 0 Å². The van der Waals surface area contributed by atoms with Crippen LogP contribution in [0.5, 0.6) is 0 Å². The SMILES string of the molecule is COC(=O)[C@H]1CC[C@@]2(C)[C@H](CC[C@@H]3[C@@H]2CC[C@]2(C)[C@@H]([C@@]45C=CC(=O)O[C@H]4O5)C[C@H]4O[C@]342)C1. The zero-order valence-corrected chi connectivity index (χ0v) is 19.3. The van der Waals surface area contributed by atoms with Gasteiger partial charge in [0.05, 0.1) is 19.1 Å². The molecule has 174 valence electrons. The Kier molecular flexibility index (Phi) is 3.74. The second-order valence-electron chi connectivity index (χ2n) is 12.2. The molecule has 4 saturated carbocycles. The molecule has 0 amide bonds. The molecule has 1 spiro atoms. The number of carbonyl (C=O) groups excluding carboxylic acids is 2. The molecular formula is C26H34O6. The summed E-state index contributed by atoms with van der Waals surface area (Å²) in [5, 5.41) is 0. The normalized spacial score (nSPS) is 59.0. The van der Waals surface area contributed by atoms with Crippen LogP contribution in [-0.4, -0.2) is 42.6 Å². The Balaban J connectivity index is 1.18. The lowest BCUT2D eigenvalue weighted by Crippen LogP contribution is -2.59. The van der Waals surface area contributed by atoms with E-state index in [1.807, 2.05) is 6.08 Å². The molecule has 6 heteroatoms. The summed E-state index contributed by atoms with van der Waals surface area (Å²) >= 11 is 0. The summed E-state index contributed by atoms with van der Waals surface area (Å²) in [4.78, 5) is 23.9. The van der Waals surface area contributed by atoms with Gasteiger partial charge in [0, 0.05) is 17.4 Å². The molecule has 6 nitrogen and oxygen atoms in total. The molecule has 7 aliphatic rings. The first-order valence-corrected chi connectivity index (χ1v) is 12.6. The third-order valence-electron chi connectivity index (χ3n) is 11.5. The Morgan fingerprint density at radius 1 is 1.06 bits per heavy atom. The fourth-order valence-electron chi connectivity index (χ4n) is 9.84. The maximum absolute atomic E-state index is 12.2. The summed E-state index contributed by atoms with van der Waals surface area (Å²) in [7, 11) is 1.52. The van der Waals surface area contributed by atoms with Gasteiger partial charge in [0.15, 0.2) is 5.60 Å². The molecule has 0 aromatic rings. The summed E-state index contributed by atoms with van der Waals surface area (Å²) in [6.45, 7) is 4.94. The topological polar surface area (TPSA) is 77.7 Å². The van der Waals surface area contributed by atoms with E-state index in [2.05, 4.69) is 13.8 Å². The van der Waals surface area contributed by atoms with E-state index >= 15 is 0 Å². The van der Waals surface area contributed by atoms with E-state index in [4.69, 9.17) is 18.9 Å². The van der Waals surface area contributed by atoms with Crippen molar-refractivity contribution in [2.24, 2.45) is 40.4 Å². The average molecular weight is 443 g/mol. The number of fused-ring (bicyclic) bond motifs is 4. The maximum atomic E-state index is 12.2. The lowest BCUT2D eigenvalue weighted by atomic mass is 9.43. The van der Waals surface area contributed by atoms with Crippen LogP contribution in [0.4, 0.5) is 0 Å². The van der Waals surface area contributed by atoms with Crippen LogP contribution < -0.4 is 0 Å². The molecule has 0 bridgehead atoms. The molecule has 32 heavy (non-hydrogen) atoms. The quantitative estimate of drug-likeness (QED) is 0.479. The van der Waals surface area contributed by atoms with E-state index in [9.17, 15) is 9.59 Å². The van der Waals surface area contributed by atoms with Gasteiger partial charge in [-0.2, -0.15) is 0 Å². The molecule has 4 aliphatic carbocycles. The summed E-state index contributed by atoms with van der Waals surface area (Å²) in [5.41, 5.74) is -0.142. The van der Waals surface area contributed by atoms with Crippen molar-refractivity contribution >= 4 is 11.9 Å². The van der Waals surface area contributed by atoms with Gasteiger partial charge in [-0.1, -0.05) is 13.8 Å². The van der Waals surface area contributed by atoms with E-state index < -0.39 is 11.9 Å². The second-order valence-corrected chi connectivity index (χ2v) is 12.2. The molecule has 7 rings (SSSR count). The van der Waals surface area contributed by atoms with Crippen LogP contribution in [0.3, 0.4) is 0 Å². The summed E-state index contributed by atoms with van der Waals surface area (Å²) in [5.74, 6) is 1.94. The Hall–Kier alpha value is -1.40. The molecule has 0 unspecified atom stereocenters. The number of carbonyl (C=O) groups is 2. The molecule has 3 aliphatic heterocycles. The highest BCUT2D eigenvalue weighted by Gasteiger charge is 2.85. The Morgan fingerprint density at radius 2 is 1.91 bits per heavy atom. The fraction of sp³-hybridized carbons (Fsp3) is 0.846. The van der Waals surface area contributed by atoms with Crippen molar-refractivity contribution in [2.45, 2.75) is 88.8 Å². The van der Waals surface area contributed by atoms with Gasteiger partial charge >= 0.3 is 11.9 Å². The van der Waals surface area contributed by atoms with Gasteiger partial charge in [0.1, 0.15) is 5.60 Å². The number of hydrogen-bond acceptors (Lipinski definition) is 6. The van der Waals surface area contributed by atoms with Gasteiger partial charge in [0.2, 0.25) is 6.29 Å². The van der Waals surface area contributed by atoms with Crippen LogP contribution in [0.15, 0.2) is 12.2 Å². The van der Waals surface area contributed by atoms with Crippen LogP contribution in [-0.2, 0) is 28.5 Å². The molecule has 6 fully saturated rings. The lowest BCUT2D eigenvalue weighted by Gasteiger charge is -2.61. The molecule has 0 N–H and O–H groups in total. The monoisotopic (exact) mass is 442 g/mol. The van der Waals surface area contributed by atoms with Gasteiger partial charge in [-0.25, -0.2) is 4.79 Å². The first kappa shape index (κ1) is 20.0. The van der Waals surface area contributed by atoms with Crippen molar-refractivity contribution in [1.82, 2.24) is 0 Å². The van der Waals surface area contributed by atoms with Gasteiger partial charge in [0.25, 0.3) is 0 Å². The molecule has 3 heterocycles. The van der Waals surface area contributed by atoms with Crippen molar-refractivity contribution in [1.29, 1.82) is 0 Å². The van der Waals surface area contributed by atoms with E-state index in [-0.39, 0.29) is 34.3 Å². The van der Waals surface area contributed by atoms with Gasteiger partial charge in [-0.15, -0.1) is 0 Å². The summed E-state index contributed by atoms with van der Waals surface area (Å²) in [6, 6.07) is 0. The minimum absolute atomic E-state index is 0.0207. The van der Waals surface area contributed by atoms with Crippen molar-refractivity contribution in [3.8, 4) is 0 Å². The maximum Gasteiger partial charge on any atom is 0.332 e. The average Bonchev–Trinajstić information content (AvgIpc) is 3.67. The van der Waals surface area contributed by atoms with Crippen LogP contribution in [0.2, 0.25) is 0 Å². The number of hydrogen-bond donors (Lipinski definition) is 0. The van der Waals surface area contributed by atoms with Crippen LogP contribution >= 0.6 is 0 Å². The number of epoxide rings is 2. The van der Waals surface area contributed by atoms with Crippen molar-refractivity contribution < 1.29 is 28.5 Å². The Morgan fingerprint density at radius 3 is 2.69 bits per heavy atom. The minimum atomic E-state index is -0.432. The Bertz CT molecular complexity index is 929. The smallest absolute Gasteiger partial charge is 0.332 e. The lowest BCUT2D eigenvalue weighted by molar-refractivity contribution is -0.161. The van der Waals surface area contributed by atoms with Crippen molar-refractivity contribution in [2.75, 3.05) is 7.11 Å². The van der Waals surface area contributed by atoms with E-state index in [1.54, 1.807) is 6.08 Å². The third kappa shape index (κ3) is 2.15. The van der Waals surface area contributed by atoms with E-state index in [0.717, 1.165) is 32.1 Å². The number of methoxy groups -OCH3 is 1. The largest absolute Gasteiger partial charge is 0.469 e. The first-order chi connectivity index (χ1) is 15.3. The molecular weight excluding hydrogens is 408 g/mol. The standard InChI is InChI=1S/C26H34O6/c1-23-9-6-14(21(28)29-3)12-15(23)4-5-17-16(23)7-10-24(2)18(13-19-26(17,24)31-19)25-11-8-20(27)30-22(25)32-25/h8,11,14-19,22H,4-7,9-10,12-13H2,1-3H3/t14-,15+,16-,17+,18-,19+,22-,23-,24+,25-,26+/m0/s1. The zero-order valence-electron chi connectivity index (χ0n) is 19.3. The third-order valence-corrected chi connectivity index (χ3v) is 11.5. The molecule has 0 aromatic heterocycles. The zero-order chi connectivity index (χ0) is 22.1. The van der Waals surface area contributed by atoms with Crippen LogP contribution in [0, 0.1) is 40.4 Å². The fourth-order valence-corrected chi connectivity index (χ4v) is 9.84. The highest BCUT2D eigenvalue weighted by molar-refractivity contribution is 5.84. The Labute approximate surface area is 189 Å². The second kappa shape index (κ2) is 5.99. The first-order valence-electron chi connectivity index (χ1n) is 12.6. The molecule has 0 aromatic carbocycles. The van der Waals surface area contributed by atoms with Crippen molar-refractivity contribution in [3.63, 3.8) is 0 Å². The highest BCUT2D eigenvalue weighted by Crippen LogP contribution is 2.79. The highest BCUT2D eigenvalue weighted by atomic mass is 16.8. The number of esters is 2. The molecule has 0 radical (unpaired) electrons. The van der Waals surface area contributed by atoms with Crippen molar-refractivity contribution in [3.05, 3.63) is 12.2 Å². The molecule has 2 saturated heterocycles.